The fourth-order valence-electron chi connectivity index (χ4n) is 1.54. The quantitative estimate of drug-likeness (QED) is 0.805. The summed E-state index contributed by atoms with van der Waals surface area (Å²) >= 11 is 1.28. The van der Waals surface area contributed by atoms with Gasteiger partial charge in [-0.2, -0.15) is 4.31 Å². The maximum Gasteiger partial charge on any atom is 0.252 e. The zero-order chi connectivity index (χ0) is 11.8. The molecule has 0 amide bonds. The molecule has 90 valence electrons. The summed E-state index contributed by atoms with van der Waals surface area (Å²) < 4.78 is 37.3. The van der Waals surface area contributed by atoms with Crippen LogP contribution in [0.15, 0.2) is 16.3 Å². The molecule has 7 heteroatoms. The molecule has 1 saturated heterocycles. The van der Waals surface area contributed by atoms with E-state index in [1.807, 2.05) is 6.92 Å². The predicted molar refractivity (Wildman–Crippen MR) is 65.7 cm³/mol. The molecule has 0 saturated carbocycles. The molecule has 0 aliphatic carbocycles. The largest absolute Gasteiger partial charge is 0.259 e. The molecule has 1 aromatic heterocycles. The topological polar surface area (TPSA) is 54.5 Å². The minimum Gasteiger partial charge on any atom is -0.259 e. The lowest BCUT2D eigenvalue weighted by atomic mass is 10.5. The third kappa shape index (κ3) is 2.37. The fourth-order valence-corrected chi connectivity index (χ4v) is 5.70. The number of hydrogen-bond acceptors (Lipinski definition) is 4. The molecule has 1 aliphatic rings. The van der Waals surface area contributed by atoms with E-state index in [0.717, 1.165) is 4.88 Å². The van der Waals surface area contributed by atoms with E-state index in [1.54, 1.807) is 12.1 Å². The highest BCUT2D eigenvalue weighted by Crippen LogP contribution is 2.24. The van der Waals surface area contributed by atoms with Crippen LogP contribution in [0.2, 0.25) is 0 Å². The van der Waals surface area contributed by atoms with E-state index in [-0.39, 0.29) is 0 Å². The Kier molecular flexibility index (Phi) is 3.48. The first-order valence-electron chi connectivity index (χ1n) is 4.92. The number of rotatable bonds is 2. The van der Waals surface area contributed by atoms with Gasteiger partial charge in [-0.3, -0.25) is 4.21 Å². The van der Waals surface area contributed by atoms with Crippen LogP contribution in [0.4, 0.5) is 0 Å². The Labute approximate surface area is 102 Å². The number of sulfonamides is 1. The summed E-state index contributed by atoms with van der Waals surface area (Å²) in [4.78, 5) is 0.985. The molecule has 0 aromatic carbocycles. The van der Waals surface area contributed by atoms with E-state index in [1.165, 1.54) is 15.6 Å². The Balaban J connectivity index is 2.23. The maximum atomic E-state index is 12.1. The zero-order valence-electron chi connectivity index (χ0n) is 8.88. The fraction of sp³-hybridized carbons (Fsp3) is 0.556. The van der Waals surface area contributed by atoms with Crippen LogP contribution in [0.5, 0.6) is 0 Å². The third-order valence-electron chi connectivity index (χ3n) is 2.45. The van der Waals surface area contributed by atoms with Crippen molar-refractivity contribution < 1.29 is 12.6 Å². The van der Waals surface area contributed by atoms with Crippen LogP contribution in [0.25, 0.3) is 0 Å². The first-order chi connectivity index (χ1) is 7.50. The van der Waals surface area contributed by atoms with Crippen molar-refractivity contribution in [1.82, 2.24) is 4.31 Å². The summed E-state index contributed by atoms with van der Waals surface area (Å²) in [5.41, 5.74) is 0. The van der Waals surface area contributed by atoms with Gasteiger partial charge in [0.25, 0.3) is 10.0 Å². The molecule has 0 atom stereocenters. The van der Waals surface area contributed by atoms with E-state index in [0.29, 0.717) is 28.8 Å². The van der Waals surface area contributed by atoms with Gasteiger partial charge in [0.05, 0.1) is 0 Å². The molecule has 2 rings (SSSR count). The monoisotopic (exact) mass is 279 g/mol. The summed E-state index contributed by atoms with van der Waals surface area (Å²) in [7, 11) is -4.20. The Morgan fingerprint density at radius 1 is 1.31 bits per heavy atom. The number of hydrogen-bond donors (Lipinski definition) is 0. The lowest BCUT2D eigenvalue weighted by Gasteiger charge is -2.24. The van der Waals surface area contributed by atoms with E-state index >= 15 is 0 Å². The van der Waals surface area contributed by atoms with Crippen LogP contribution in [0.1, 0.15) is 4.88 Å². The van der Waals surface area contributed by atoms with Crippen LogP contribution in [-0.2, 0) is 20.8 Å². The zero-order valence-corrected chi connectivity index (χ0v) is 11.3. The molecule has 4 nitrogen and oxygen atoms in total. The SMILES string of the molecule is Cc1ccc(S(=O)(=O)N2CCS(=O)CC2)s1. The minimum absolute atomic E-state index is 0.367. The highest BCUT2D eigenvalue weighted by atomic mass is 32.2. The second-order valence-corrected chi connectivity index (χ2v) is 8.77. The summed E-state index contributed by atoms with van der Waals surface area (Å²) in [5.74, 6) is 0.896. The summed E-state index contributed by atoms with van der Waals surface area (Å²) in [6.07, 6.45) is 0. The normalized spacial score (nSPS) is 20.1. The lowest BCUT2D eigenvalue weighted by molar-refractivity contribution is 0.440. The van der Waals surface area contributed by atoms with Crippen molar-refractivity contribution in [3.63, 3.8) is 0 Å². The van der Waals surface area contributed by atoms with Gasteiger partial charge in [-0.1, -0.05) is 0 Å². The Hall–Kier alpha value is -0.240. The molecule has 0 spiro atoms. The van der Waals surface area contributed by atoms with E-state index in [4.69, 9.17) is 0 Å². The molecule has 1 aromatic rings. The molecule has 0 radical (unpaired) electrons. The summed E-state index contributed by atoms with van der Waals surface area (Å²) in [5, 5.41) is 0. The molecule has 1 aliphatic heterocycles. The molecule has 16 heavy (non-hydrogen) atoms. The Morgan fingerprint density at radius 2 is 1.94 bits per heavy atom. The van der Waals surface area contributed by atoms with Gasteiger partial charge >= 0.3 is 0 Å². The van der Waals surface area contributed by atoms with E-state index in [9.17, 15) is 12.6 Å². The Bertz CT molecular complexity index is 496. The third-order valence-corrected chi connectivity index (χ3v) is 7.09. The number of thiophene rings is 1. The van der Waals surface area contributed by atoms with Crippen molar-refractivity contribution in [3.05, 3.63) is 17.0 Å². The second kappa shape index (κ2) is 4.56. The van der Waals surface area contributed by atoms with Gasteiger partial charge in [0.1, 0.15) is 4.21 Å². The smallest absolute Gasteiger partial charge is 0.252 e. The van der Waals surface area contributed by atoms with Gasteiger partial charge in [-0.05, 0) is 19.1 Å². The van der Waals surface area contributed by atoms with Crippen molar-refractivity contribution in [2.24, 2.45) is 0 Å². The summed E-state index contributed by atoms with van der Waals surface area (Å²) in [6, 6.07) is 3.44. The lowest BCUT2D eigenvalue weighted by Crippen LogP contribution is -2.41. The van der Waals surface area contributed by atoms with Crippen molar-refractivity contribution in [2.45, 2.75) is 11.1 Å². The Morgan fingerprint density at radius 3 is 2.44 bits per heavy atom. The molecule has 0 bridgehead atoms. The molecular weight excluding hydrogens is 266 g/mol. The number of aryl methyl sites for hydroxylation is 1. The summed E-state index contributed by atoms with van der Waals surface area (Å²) in [6.45, 7) is 2.62. The van der Waals surface area contributed by atoms with Gasteiger partial charge in [0.15, 0.2) is 0 Å². The van der Waals surface area contributed by atoms with Gasteiger partial charge in [-0.15, -0.1) is 11.3 Å². The molecule has 2 heterocycles. The highest BCUT2D eigenvalue weighted by Gasteiger charge is 2.28. The minimum atomic E-state index is -3.35. The van der Waals surface area contributed by atoms with Crippen LogP contribution in [0, 0.1) is 6.92 Å². The highest BCUT2D eigenvalue weighted by molar-refractivity contribution is 7.91. The molecular formula is C9H13NO3S3. The molecule has 1 fully saturated rings. The van der Waals surface area contributed by atoms with Crippen LogP contribution in [-0.4, -0.2) is 41.5 Å². The predicted octanol–water partition coefficient (Wildman–Crippen LogP) is 0.810. The van der Waals surface area contributed by atoms with Crippen molar-refractivity contribution in [1.29, 1.82) is 0 Å². The van der Waals surface area contributed by atoms with Crippen molar-refractivity contribution in [3.8, 4) is 0 Å². The second-order valence-electron chi connectivity index (χ2n) is 3.62. The van der Waals surface area contributed by atoms with Gasteiger partial charge < -0.3 is 0 Å². The molecule has 0 unspecified atom stereocenters. The van der Waals surface area contributed by atoms with E-state index in [2.05, 4.69) is 0 Å². The van der Waals surface area contributed by atoms with Gasteiger partial charge in [-0.25, -0.2) is 8.42 Å². The average Bonchev–Trinajstić information content (AvgIpc) is 2.66. The van der Waals surface area contributed by atoms with Crippen LogP contribution in [0.3, 0.4) is 0 Å². The van der Waals surface area contributed by atoms with Crippen LogP contribution < -0.4 is 0 Å². The maximum absolute atomic E-state index is 12.1. The van der Waals surface area contributed by atoms with Gasteiger partial charge in [0, 0.05) is 40.3 Å². The average molecular weight is 279 g/mol. The van der Waals surface area contributed by atoms with Gasteiger partial charge in [0.2, 0.25) is 0 Å². The first-order valence-corrected chi connectivity index (χ1v) is 8.66. The van der Waals surface area contributed by atoms with Crippen molar-refractivity contribution >= 4 is 32.2 Å². The number of nitrogens with zero attached hydrogens (tertiary/aromatic N) is 1. The molecule has 0 N–H and O–H groups in total. The van der Waals surface area contributed by atoms with Crippen molar-refractivity contribution in [2.75, 3.05) is 24.6 Å². The standard InChI is InChI=1S/C9H13NO3S3/c1-8-2-3-9(14-8)16(12,13)10-4-6-15(11)7-5-10/h2-3H,4-7H2,1H3. The van der Waals surface area contributed by atoms with E-state index < -0.39 is 20.8 Å². The first kappa shape index (κ1) is 12.2. The van der Waals surface area contributed by atoms with Crippen LogP contribution >= 0.6 is 11.3 Å².